The Morgan fingerprint density at radius 3 is 2.88 bits per heavy atom. The molecule has 1 aliphatic rings. The minimum atomic E-state index is -3.77. The molecule has 9 heteroatoms. The van der Waals surface area contributed by atoms with Crippen LogP contribution in [0.3, 0.4) is 0 Å². The molecule has 1 aromatic heterocycles. The Hall–Kier alpha value is -2.52. The monoisotopic (exact) mass is 367 g/mol. The molecule has 2 heterocycles. The summed E-state index contributed by atoms with van der Waals surface area (Å²) in [7, 11) is -2.34. The van der Waals surface area contributed by atoms with Crippen LogP contribution in [0.2, 0.25) is 0 Å². The number of carbonyl (C=O) groups is 1. The number of methoxy groups -OCH3 is 1. The minimum absolute atomic E-state index is 0.00363. The summed E-state index contributed by atoms with van der Waals surface area (Å²) < 4.78 is 43.6. The van der Waals surface area contributed by atoms with Crippen molar-refractivity contribution in [1.82, 2.24) is 0 Å². The molecule has 24 heavy (non-hydrogen) atoms. The zero-order valence-corrected chi connectivity index (χ0v) is 14.1. The van der Waals surface area contributed by atoms with Crippen LogP contribution in [0.25, 0.3) is 6.08 Å². The largest absolute Gasteiger partial charge is 0.492 e. The van der Waals surface area contributed by atoms with Crippen molar-refractivity contribution >= 4 is 39.4 Å². The van der Waals surface area contributed by atoms with Gasteiger partial charge in [-0.05, 0) is 23.6 Å². The summed E-state index contributed by atoms with van der Waals surface area (Å²) in [5.41, 5.74) is 0.594. The van der Waals surface area contributed by atoms with Gasteiger partial charge in [0.1, 0.15) is 10.5 Å². The molecule has 0 amide bonds. The van der Waals surface area contributed by atoms with Crippen LogP contribution in [-0.2, 0) is 14.8 Å². The number of aldehydes is 1. The topological polar surface area (TPSA) is 90.9 Å². The molecule has 0 unspecified atom stereocenters. The Labute approximate surface area is 142 Å². The lowest BCUT2D eigenvalue weighted by Crippen LogP contribution is -2.12. The predicted molar refractivity (Wildman–Crippen MR) is 89.3 cm³/mol. The first kappa shape index (κ1) is 16.3. The number of allylic oxidation sites excluding steroid dienone is 1. The van der Waals surface area contributed by atoms with E-state index in [9.17, 15) is 13.2 Å². The van der Waals surface area contributed by atoms with Crippen molar-refractivity contribution in [2.24, 2.45) is 0 Å². The Morgan fingerprint density at radius 1 is 1.38 bits per heavy atom. The molecule has 126 valence electrons. The van der Waals surface area contributed by atoms with Gasteiger partial charge in [-0.15, -0.1) is 11.3 Å². The summed E-state index contributed by atoms with van der Waals surface area (Å²) in [4.78, 5) is 10.7. The number of thiophene rings is 1. The van der Waals surface area contributed by atoms with Gasteiger partial charge >= 0.3 is 0 Å². The van der Waals surface area contributed by atoms with Crippen molar-refractivity contribution in [1.29, 1.82) is 0 Å². The number of rotatable bonds is 6. The van der Waals surface area contributed by atoms with Crippen LogP contribution < -0.4 is 18.9 Å². The third-order valence-electron chi connectivity index (χ3n) is 3.21. The fourth-order valence-electron chi connectivity index (χ4n) is 2.23. The first-order valence-electron chi connectivity index (χ1n) is 6.75. The van der Waals surface area contributed by atoms with E-state index in [-0.39, 0.29) is 22.4 Å². The number of benzene rings is 1. The zero-order valence-electron chi connectivity index (χ0n) is 12.5. The number of hydrogen-bond acceptors (Lipinski definition) is 7. The van der Waals surface area contributed by atoms with Gasteiger partial charge in [0, 0.05) is 11.6 Å². The Bertz CT molecular complexity index is 887. The van der Waals surface area contributed by atoms with Gasteiger partial charge in [0.05, 0.1) is 12.8 Å². The summed E-state index contributed by atoms with van der Waals surface area (Å²) in [6, 6.07) is 4.64. The number of ether oxygens (including phenoxy) is 3. The Kier molecular flexibility index (Phi) is 4.45. The molecular weight excluding hydrogens is 354 g/mol. The van der Waals surface area contributed by atoms with Gasteiger partial charge in [0.2, 0.25) is 12.5 Å². The van der Waals surface area contributed by atoms with Gasteiger partial charge in [0.25, 0.3) is 10.0 Å². The van der Waals surface area contributed by atoms with Crippen molar-refractivity contribution in [3.8, 4) is 17.2 Å². The SMILES string of the molecule is COc1c(/C=C/C=O)c(NS(=O)(=O)c2cccs2)cc2c1OCO2. The minimum Gasteiger partial charge on any atom is -0.492 e. The molecule has 1 aromatic carbocycles. The highest BCUT2D eigenvalue weighted by Crippen LogP contribution is 2.47. The van der Waals surface area contributed by atoms with Crippen LogP contribution in [0.15, 0.2) is 33.9 Å². The average Bonchev–Trinajstić information content (AvgIpc) is 3.23. The molecule has 0 fully saturated rings. The normalized spacial score (nSPS) is 13.2. The second kappa shape index (κ2) is 6.54. The summed E-state index contributed by atoms with van der Waals surface area (Å²) in [5.74, 6) is 1.01. The highest BCUT2D eigenvalue weighted by Gasteiger charge is 2.26. The van der Waals surface area contributed by atoms with Crippen LogP contribution >= 0.6 is 11.3 Å². The number of hydrogen-bond donors (Lipinski definition) is 1. The molecule has 2 aromatic rings. The first-order valence-corrected chi connectivity index (χ1v) is 9.12. The Balaban J connectivity index is 2.13. The standard InChI is InChI=1S/C15H13NO6S2/c1-20-14-10(4-2-6-17)11(8-12-15(14)22-9-21-12)16-24(18,19)13-5-3-7-23-13/h2-8,16H,9H2,1H3/b4-2+. The number of fused-ring (bicyclic) bond motifs is 1. The molecule has 0 radical (unpaired) electrons. The van der Waals surface area contributed by atoms with Crippen molar-refractivity contribution < 1.29 is 27.4 Å². The maximum absolute atomic E-state index is 12.5. The van der Waals surface area contributed by atoms with Crippen molar-refractivity contribution in [2.45, 2.75) is 4.21 Å². The third kappa shape index (κ3) is 2.95. The highest BCUT2D eigenvalue weighted by atomic mass is 32.2. The summed E-state index contributed by atoms with van der Waals surface area (Å²) in [5, 5.41) is 1.67. The molecule has 1 N–H and O–H groups in total. The summed E-state index contributed by atoms with van der Waals surface area (Å²) in [6.45, 7) is 0.00363. The lowest BCUT2D eigenvalue weighted by molar-refractivity contribution is -0.104. The first-order chi connectivity index (χ1) is 11.6. The van der Waals surface area contributed by atoms with Gasteiger partial charge in [-0.3, -0.25) is 9.52 Å². The summed E-state index contributed by atoms with van der Waals surface area (Å²) in [6.07, 6.45) is 3.27. The molecule has 0 aliphatic carbocycles. The van der Waals surface area contributed by atoms with Crippen molar-refractivity contribution in [2.75, 3.05) is 18.6 Å². The molecule has 0 atom stereocenters. The molecule has 0 saturated heterocycles. The van der Waals surface area contributed by atoms with Gasteiger partial charge in [-0.2, -0.15) is 0 Å². The van der Waals surface area contributed by atoms with Crippen LogP contribution in [0.4, 0.5) is 5.69 Å². The van der Waals surface area contributed by atoms with Crippen molar-refractivity contribution in [3.63, 3.8) is 0 Å². The van der Waals surface area contributed by atoms with Crippen LogP contribution in [0.1, 0.15) is 5.56 Å². The van der Waals surface area contributed by atoms with Gasteiger partial charge in [0.15, 0.2) is 11.5 Å². The average molecular weight is 367 g/mol. The van der Waals surface area contributed by atoms with E-state index in [1.807, 2.05) is 0 Å². The fraction of sp³-hybridized carbons (Fsp3) is 0.133. The summed E-state index contributed by atoms with van der Waals surface area (Å²) >= 11 is 1.10. The Morgan fingerprint density at radius 2 is 2.21 bits per heavy atom. The lowest BCUT2D eigenvalue weighted by atomic mass is 10.1. The maximum atomic E-state index is 12.5. The molecule has 1 aliphatic heterocycles. The van der Waals surface area contributed by atoms with Gasteiger partial charge in [-0.1, -0.05) is 6.07 Å². The van der Waals surface area contributed by atoms with Gasteiger partial charge in [-0.25, -0.2) is 8.42 Å². The van der Waals surface area contributed by atoms with Crippen LogP contribution in [0, 0.1) is 0 Å². The molecular formula is C15H13NO6S2. The molecule has 0 saturated carbocycles. The number of nitrogens with one attached hydrogen (secondary N) is 1. The van der Waals surface area contributed by atoms with Gasteiger partial charge < -0.3 is 14.2 Å². The smallest absolute Gasteiger partial charge is 0.271 e. The van der Waals surface area contributed by atoms with Crippen molar-refractivity contribution in [3.05, 3.63) is 35.2 Å². The second-order valence-electron chi connectivity index (χ2n) is 4.64. The molecule has 0 spiro atoms. The van der Waals surface area contributed by atoms with E-state index < -0.39 is 10.0 Å². The van der Waals surface area contributed by atoms with E-state index >= 15 is 0 Å². The number of carbonyl (C=O) groups excluding carboxylic acids is 1. The van der Waals surface area contributed by atoms with E-state index in [0.717, 1.165) is 11.3 Å². The van der Waals surface area contributed by atoms with Crippen LogP contribution in [-0.4, -0.2) is 28.6 Å². The van der Waals surface area contributed by atoms with Crippen LogP contribution in [0.5, 0.6) is 17.2 Å². The van der Waals surface area contributed by atoms with E-state index in [4.69, 9.17) is 14.2 Å². The van der Waals surface area contributed by atoms with E-state index in [1.54, 1.807) is 11.4 Å². The highest BCUT2D eigenvalue weighted by molar-refractivity contribution is 7.94. The predicted octanol–water partition coefficient (Wildman–Crippen LogP) is 2.50. The van der Waals surface area contributed by atoms with E-state index in [2.05, 4.69) is 4.72 Å². The molecule has 0 bridgehead atoms. The third-order valence-corrected chi connectivity index (χ3v) is 5.97. The number of sulfonamides is 1. The van der Waals surface area contributed by atoms with E-state index in [1.165, 1.54) is 31.4 Å². The van der Waals surface area contributed by atoms with E-state index in [0.29, 0.717) is 23.3 Å². The molecule has 3 rings (SSSR count). The number of anilines is 1. The quantitative estimate of drug-likeness (QED) is 0.623. The second-order valence-corrected chi connectivity index (χ2v) is 7.49. The fourth-order valence-corrected chi connectivity index (χ4v) is 4.29. The maximum Gasteiger partial charge on any atom is 0.271 e. The lowest BCUT2D eigenvalue weighted by Gasteiger charge is -2.15. The molecule has 7 nitrogen and oxygen atoms in total. The zero-order chi connectivity index (χ0) is 17.2.